The molecule has 0 radical (unpaired) electrons. The zero-order valence-electron chi connectivity index (χ0n) is 11.0. The summed E-state index contributed by atoms with van der Waals surface area (Å²) in [6.07, 6.45) is 5.72. The topological polar surface area (TPSA) is 71.5 Å². The van der Waals surface area contributed by atoms with Gasteiger partial charge in [0, 0.05) is 51.4 Å². The second-order valence-corrected chi connectivity index (χ2v) is 4.97. The fourth-order valence-corrected chi connectivity index (χ4v) is 2.08. The molecule has 1 fully saturated rings. The summed E-state index contributed by atoms with van der Waals surface area (Å²) < 4.78 is 5.20. The summed E-state index contributed by atoms with van der Waals surface area (Å²) in [6, 6.07) is 3.81. The van der Waals surface area contributed by atoms with Gasteiger partial charge >= 0.3 is 0 Å². The number of aliphatic hydroxyl groups is 1. The predicted octanol–water partition coefficient (Wildman–Crippen LogP) is 0.672. The van der Waals surface area contributed by atoms with Gasteiger partial charge in [0.1, 0.15) is 0 Å². The Morgan fingerprint density at radius 1 is 1.47 bits per heavy atom. The van der Waals surface area contributed by atoms with Gasteiger partial charge in [0.05, 0.1) is 5.60 Å². The first kappa shape index (κ1) is 14.0. The third-order valence-corrected chi connectivity index (χ3v) is 3.40. The number of aromatic nitrogens is 1. The highest BCUT2D eigenvalue weighted by atomic mass is 16.5. The van der Waals surface area contributed by atoms with Crippen LogP contribution in [0.2, 0.25) is 0 Å². The molecular weight excluding hydrogens is 244 g/mol. The van der Waals surface area contributed by atoms with Crippen LogP contribution in [0.4, 0.5) is 0 Å². The van der Waals surface area contributed by atoms with Crippen LogP contribution in [0.5, 0.6) is 0 Å². The van der Waals surface area contributed by atoms with Crippen LogP contribution in [0, 0.1) is 0 Å². The molecule has 5 heteroatoms. The summed E-state index contributed by atoms with van der Waals surface area (Å²) in [7, 11) is 0. The van der Waals surface area contributed by atoms with Crippen LogP contribution in [0.15, 0.2) is 24.5 Å². The van der Waals surface area contributed by atoms with Crippen LogP contribution < -0.4 is 5.32 Å². The number of amides is 1. The van der Waals surface area contributed by atoms with Gasteiger partial charge in [-0.3, -0.25) is 9.78 Å². The first-order valence-electron chi connectivity index (χ1n) is 6.64. The number of carbonyl (C=O) groups is 1. The second-order valence-electron chi connectivity index (χ2n) is 4.97. The van der Waals surface area contributed by atoms with Crippen molar-refractivity contribution < 1.29 is 14.6 Å². The third kappa shape index (κ3) is 4.61. The normalized spacial score (nSPS) is 17.9. The minimum atomic E-state index is -0.803. The van der Waals surface area contributed by atoms with E-state index in [-0.39, 0.29) is 5.91 Å². The molecule has 1 saturated heterocycles. The van der Waals surface area contributed by atoms with Gasteiger partial charge in [-0.25, -0.2) is 0 Å². The standard InChI is InChI=1S/C14H20N2O3/c17-13(4-3-12-2-1-7-15-10-12)16-11-14(18)5-8-19-9-6-14/h1-2,7,10,18H,3-6,8-9,11H2,(H,16,17). The fraction of sp³-hybridized carbons (Fsp3) is 0.571. The van der Waals surface area contributed by atoms with Crippen LogP contribution in [0.3, 0.4) is 0 Å². The van der Waals surface area contributed by atoms with E-state index in [1.807, 2.05) is 12.1 Å². The molecule has 2 N–H and O–H groups in total. The number of hydrogen-bond acceptors (Lipinski definition) is 4. The number of nitrogens with zero attached hydrogens (tertiary/aromatic N) is 1. The number of aryl methyl sites for hydroxylation is 1. The van der Waals surface area contributed by atoms with Crippen LogP contribution in [0.1, 0.15) is 24.8 Å². The third-order valence-electron chi connectivity index (χ3n) is 3.40. The molecule has 1 aliphatic heterocycles. The molecule has 1 amide bonds. The largest absolute Gasteiger partial charge is 0.388 e. The zero-order chi connectivity index (χ0) is 13.6. The van der Waals surface area contributed by atoms with Crippen LogP contribution in [0.25, 0.3) is 0 Å². The Morgan fingerprint density at radius 3 is 2.95 bits per heavy atom. The quantitative estimate of drug-likeness (QED) is 0.820. The molecule has 2 rings (SSSR count). The first-order valence-corrected chi connectivity index (χ1v) is 6.64. The number of pyridine rings is 1. The van der Waals surface area contributed by atoms with Gasteiger partial charge in [0.25, 0.3) is 0 Å². The average molecular weight is 264 g/mol. The summed E-state index contributed by atoms with van der Waals surface area (Å²) >= 11 is 0. The van der Waals surface area contributed by atoms with Crippen molar-refractivity contribution in [3.63, 3.8) is 0 Å². The Kier molecular flexibility index (Phi) is 4.87. The van der Waals surface area contributed by atoms with Crippen molar-refractivity contribution in [3.8, 4) is 0 Å². The maximum absolute atomic E-state index is 11.7. The van der Waals surface area contributed by atoms with Crippen molar-refractivity contribution in [2.75, 3.05) is 19.8 Å². The van der Waals surface area contributed by atoms with E-state index in [0.29, 0.717) is 45.4 Å². The first-order chi connectivity index (χ1) is 9.18. The Bertz CT molecular complexity index is 402. The summed E-state index contributed by atoms with van der Waals surface area (Å²) in [5.74, 6) is -0.0382. The zero-order valence-corrected chi connectivity index (χ0v) is 11.0. The summed E-state index contributed by atoms with van der Waals surface area (Å²) in [4.78, 5) is 15.7. The van der Waals surface area contributed by atoms with Crippen molar-refractivity contribution >= 4 is 5.91 Å². The van der Waals surface area contributed by atoms with Crippen molar-refractivity contribution in [3.05, 3.63) is 30.1 Å². The Hall–Kier alpha value is -1.46. The minimum absolute atomic E-state index is 0.0382. The highest BCUT2D eigenvalue weighted by molar-refractivity contribution is 5.76. The lowest BCUT2D eigenvalue weighted by atomic mass is 9.94. The lowest BCUT2D eigenvalue weighted by Crippen LogP contribution is -2.46. The molecular formula is C14H20N2O3. The minimum Gasteiger partial charge on any atom is -0.388 e. The molecule has 1 aromatic heterocycles. The SMILES string of the molecule is O=C(CCc1cccnc1)NCC1(O)CCOCC1. The van der Waals surface area contributed by atoms with Gasteiger partial charge in [0.15, 0.2) is 0 Å². The van der Waals surface area contributed by atoms with E-state index in [4.69, 9.17) is 4.74 Å². The van der Waals surface area contributed by atoms with Gasteiger partial charge < -0.3 is 15.2 Å². The maximum Gasteiger partial charge on any atom is 0.220 e. The Labute approximate surface area is 113 Å². The molecule has 0 atom stereocenters. The lowest BCUT2D eigenvalue weighted by Gasteiger charge is -2.32. The molecule has 0 aliphatic carbocycles. The van der Waals surface area contributed by atoms with E-state index in [0.717, 1.165) is 5.56 Å². The Morgan fingerprint density at radius 2 is 2.26 bits per heavy atom. The molecule has 1 aromatic rings. The van der Waals surface area contributed by atoms with Crippen molar-refractivity contribution in [1.82, 2.24) is 10.3 Å². The molecule has 1 aliphatic rings. The molecule has 2 heterocycles. The molecule has 5 nitrogen and oxygen atoms in total. The van der Waals surface area contributed by atoms with E-state index < -0.39 is 5.60 Å². The summed E-state index contributed by atoms with van der Waals surface area (Å²) in [6.45, 7) is 1.42. The summed E-state index contributed by atoms with van der Waals surface area (Å²) in [5, 5.41) is 13.0. The smallest absolute Gasteiger partial charge is 0.220 e. The highest BCUT2D eigenvalue weighted by Gasteiger charge is 2.29. The summed E-state index contributed by atoms with van der Waals surface area (Å²) in [5.41, 5.74) is 0.241. The number of nitrogens with one attached hydrogen (secondary N) is 1. The number of rotatable bonds is 5. The van der Waals surface area contributed by atoms with E-state index in [9.17, 15) is 9.90 Å². The maximum atomic E-state index is 11.7. The molecule has 0 spiro atoms. The predicted molar refractivity (Wildman–Crippen MR) is 70.6 cm³/mol. The molecule has 19 heavy (non-hydrogen) atoms. The van der Waals surface area contributed by atoms with Gasteiger partial charge in [0.2, 0.25) is 5.91 Å². The molecule has 0 saturated carbocycles. The number of hydrogen-bond donors (Lipinski definition) is 2. The molecule has 0 bridgehead atoms. The van der Waals surface area contributed by atoms with Crippen LogP contribution >= 0.6 is 0 Å². The molecule has 104 valence electrons. The van der Waals surface area contributed by atoms with Gasteiger partial charge in [-0.05, 0) is 18.1 Å². The van der Waals surface area contributed by atoms with Crippen molar-refractivity contribution in [2.45, 2.75) is 31.3 Å². The van der Waals surface area contributed by atoms with Crippen molar-refractivity contribution in [2.24, 2.45) is 0 Å². The van der Waals surface area contributed by atoms with Gasteiger partial charge in [-0.15, -0.1) is 0 Å². The van der Waals surface area contributed by atoms with Crippen LogP contribution in [-0.2, 0) is 16.0 Å². The van der Waals surface area contributed by atoms with E-state index in [1.165, 1.54) is 0 Å². The van der Waals surface area contributed by atoms with Gasteiger partial charge in [-0.2, -0.15) is 0 Å². The van der Waals surface area contributed by atoms with Gasteiger partial charge in [-0.1, -0.05) is 6.07 Å². The number of ether oxygens (including phenoxy) is 1. The highest BCUT2D eigenvalue weighted by Crippen LogP contribution is 2.19. The van der Waals surface area contributed by atoms with E-state index >= 15 is 0 Å². The average Bonchev–Trinajstić information content (AvgIpc) is 2.45. The monoisotopic (exact) mass is 264 g/mol. The number of carbonyl (C=O) groups excluding carboxylic acids is 1. The lowest BCUT2D eigenvalue weighted by molar-refractivity contribution is -0.123. The fourth-order valence-electron chi connectivity index (χ4n) is 2.08. The van der Waals surface area contributed by atoms with Crippen LogP contribution in [-0.4, -0.2) is 41.4 Å². The van der Waals surface area contributed by atoms with E-state index in [1.54, 1.807) is 12.4 Å². The molecule has 0 aromatic carbocycles. The Balaban J connectivity index is 1.70. The van der Waals surface area contributed by atoms with E-state index in [2.05, 4.69) is 10.3 Å². The molecule has 0 unspecified atom stereocenters. The van der Waals surface area contributed by atoms with Crippen molar-refractivity contribution in [1.29, 1.82) is 0 Å². The second kappa shape index (κ2) is 6.63.